The van der Waals surface area contributed by atoms with Crippen LogP contribution < -0.4 is 5.73 Å². The smallest absolute Gasteiger partial charge is 0.293 e. The molecule has 5 heteroatoms. The molecule has 0 amide bonds. The first-order valence-corrected chi connectivity index (χ1v) is 9.41. The molecule has 1 heterocycles. The molecule has 5 nitrogen and oxygen atoms in total. The number of anilines is 1. The lowest BCUT2D eigenvalue weighted by Crippen LogP contribution is -2.34. The maximum Gasteiger partial charge on any atom is 0.293 e. The summed E-state index contributed by atoms with van der Waals surface area (Å²) in [5.41, 5.74) is 7.76. The molecule has 0 saturated carbocycles. The normalized spacial score (nSPS) is 15.1. The molecule has 0 bridgehead atoms. The minimum atomic E-state index is -0.472. The first-order valence-electron chi connectivity index (χ1n) is 9.41. The van der Waals surface area contributed by atoms with Gasteiger partial charge in [0.25, 0.3) is 5.69 Å². The SMILES string of the molecule is Nc1ccc(C#CCCN2CCC(Cc3ccccc3)CC2)cc1[N+](=O)[O-]. The lowest BCUT2D eigenvalue weighted by Gasteiger charge is -2.31. The van der Waals surface area contributed by atoms with Crippen molar-refractivity contribution < 1.29 is 4.92 Å². The largest absolute Gasteiger partial charge is 0.393 e. The predicted octanol–water partition coefficient (Wildman–Crippen LogP) is 3.87. The monoisotopic (exact) mass is 363 g/mol. The fourth-order valence-electron chi connectivity index (χ4n) is 3.52. The van der Waals surface area contributed by atoms with Gasteiger partial charge in [-0.3, -0.25) is 10.1 Å². The summed E-state index contributed by atoms with van der Waals surface area (Å²) in [4.78, 5) is 12.9. The quantitative estimate of drug-likeness (QED) is 0.379. The van der Waals surface area contributed by atoms with Crippen LogP contribution in [0.1, 0.15) is 30.4 Å². The molecule has 2 N–H and O–H groups in total. The van der Waals surface area contributed by atoms with Crippen LogP contribution in [-0.2, 0) is 6.42 Å². The summed E-state index contributed by atoms with van der Waals surface area (Å²) >= 11 is 0. The summed E-state index contributed by atoms with van der Waals surface area (Å²) in [6, 6.07) is 15.4. The van der Waals surface area contributed by atoms with E-state index in [2.05, 4.69) is 47.1 Å². The first-order chi connectivity index (χ1) is 13.1. The Hall–Kier alpha value is -2.84. The molecule has 140 valence electrons. The van der Waals surface area contributed by atoms with Crippen molar-refractivity contribution in [2.45, 2.75) is 25.7 Å². The molecular weight excluding hydrogens is 338 g/mol. The summed E-state index contributed by atoms with van der Waals surface area (Å²) < 4.78 is 0. The van der Waals surface area contributed by atoms with Crippen LogP contribution in [0.3, 0.4) is 0 Å². The van der Waals surface area contributed by atoms with Crippen LogP contribution in [0.15, 0.2) is 48.5 Å². The highest BCUT2D eigenvalue weighted by molar-refractivity contribution is 5.61. The van der Waals surface area contributed by atoms with Crippen molar-refractivity contribution in [2.24, 2.45) is 5.92 Å². The number of likely N-dealkylation sites (tertiary alicyclic amines) is 1. The lowest BCUT2D eigenvalue weighted by atomic mass is 9.90. The number of hydrogen-bond donors (Lipinski definition) is 1. The zero-order valence-corrected chi connectivity index (χ0v) is 15.4. The van der Waals surface area contributed by atoms with E-state index in [9.17, 15) is 10.1 Å². The average Bonchev–Trinajstić information content (AvgIpc) is 2.68. The van der Waals surface area contributed by atoms with E-state index < -0.39 is 4.92 Å². The highest BCUT2D eigenvalue weighted by Crippen LogP contribution is 2.22. The van der Waals surface area contributed by atoms with Crippen molar-refractivity contribution in [3.63, 3.8) is 0 Å². The number of nitro groups is 1. The number of hydrogen-bond acceptors (Lipinski definition) is 4. The van der Waals surface area contributed by atoms with Crippen molar-refractivity contribution >= 4 is 11.4 Å². The van der Waals surface area contributed by atoms with Gasteiger partial charge in [-0.2, -0.15) is 0 Å². The van der Waals surface area contributed by atoms with Crippen molar-refractivity contribution in [2.75, 3.05) is 25.4 Å². The minimum absolute atomic E-state index is 0.0812. The fourth-order valence-corrected chi connectivity index (χ4v) is 3.52. The van der Waals surface area contributed by atoms with Crippen LogP contribution in [0.5, 0.6) is 0 Å². The van der Waals surface area contributed by atoms with Crippen molar-refractivity contribution in [3.05, 3.63) is 69.8 Å². The highest BCUT2D eigenvalue weighted by atomic mass is 16.6. The third-order valence-electron chi connectivity index (χ3n) is 5.09. The van der Waals surface area contributed by atoms with Crippen LogP contribution >= 0.6 is 0 Å². The molecule has 1 aliphatic heterocycles. The summed E-state index contributed by atoms with van der Waals surface area (Å²) in [7, 11) is 0. The summed E-state index contributed by atoms with van der Waals surface area (Å²) in [6.45, 7) is 3.18. The van der Waals surface area contributed by atoms with E-state index in [0.29, 0.717) is 5.56 Å². The van der Waals surface area contributed by atoms with Crippen LogP contribution in [-0.4, -0.2) is 29.5 Å². The lowest BCUT2D eigenvalue weighted by molar-refractivity contribution is -0.383. The second-order valence-corrected chi connectivity index (χ2v) is 7.06. The Morgan fingerprint density at radius 3 is 2.59 bits per heavy atom. The summed E-state index contributed by atoms with van der Waals surface area (Å²) in [6.07, 6.45) is 4.39. The van der Waals surface area contributed by atoms with Gasteiger partial charge in [-0.25, -0.2) is 0 Å². The number of nitrogens with zero attached hydrogens (tertiary/aromatic N) is 2. The Morgan fingerprint density at radius 1 is 1.15 bits per heavy atom. The molecule has 0 spiro atoms. The van der Waals surface area contributed by atoms with E-state index in [1.54, 1.807) is 12.1 Å². The van der Waals surface area contributed by atoms with E-state index in [1.807, 2.05) is 0 Å². The van der Waals surface area contributed by atoms with Crippen molar-refractivity contribution in [3.8, 4) is 11.8 Å². The Bertz CT molecular complexity index is 832. The molecule has 0 aliphatic carbocycles. The van der Waals surface area contributed by atoms with Gasteiger partial charge in [-0.15, -0.1) is 0 Å². The Kier molecular flexibility index (Phi) is 6.45. The molecular formula is C22H25N3O2. The van der Waals surface area contributed by atoms with Gasteiger partial charge in [0.15, 0.2) is 0 Å². The molecule has 0 atom stereocenters. The third-order valence-corrected chi connectivity index (χ3v) is 5.09. The van der Waals surface area contributed by atoms with E-state index >= 15 is 0 Å². The first kappa shape index (κ1) is 18.9. The zero-order chi connectivity index (χ0) is 19.1. The molecule has 2 aromatic rings. The predicted molar refractivity (Wildman–Crippen MR) is 108 cm³/mol. The Balaban J connectivity index is 1.43. The van der Waals surface area contributed by atoms with Gasteiger partial charge in [0.1, 0.15) is 5.69 Å². The Labute approximate surface area is 160 Å². The van der Waals surface area contributed by atoms with Crippen LogP contribution in [0, 0.1) is 27.9 Å². The molecule has 0 aromatic heterocycles. The average molecular weight is 363 g/mol. The molecule has 1 saturated heterocycles. The van der Waals surface area contributed by atoms with E-state index in [1.165, 1.54) is 30.9 Å². The zero-order valence-electron chi connectivity index (χ0n) is 15.4. The molecule has 1 aliphatic rings. The molecule has 1 fully saturated rings. The van der Waals surface area contributed by atoms with Gasteiger partial charge >= 0.3 is 0 Å². The topological polar surface area (TPSA) is 72.4 Å². The van der Waals surface area contributed by atoms with Gasteiger partial charge in [0.05, 0.1) is 4.92 Å². The van der Waals surface area contributed by atoms with Gasteiger partial charge < -0.3 is 10.6 Å². The van der Waals surface area contributed by atoms with Crippen LogP contribution in [0.4, 0.5) is 11.4 Å². The third kappa shape index (κ3) is 5.57. The van der Waals surface area contributed by atoms with Crippen molar-refractivity contribution in [1.82, 2.24) is 4.90 Å². The summed E-state index contributed by atoms with van der Waals surface area (Å²) in [5.74, 6) is 6.91. The van der Waals surface area contributed by atoms with E-state index in [0.717, 1.165) is 32.0 Å². The molecule has 2 aromatic carbocycles. The highest BCUT2D eigenvalue weighted by Gasteiger charge is 2.18. The van der Waals surface area contributed by atoms with Crippen LogP contribution in [0.25, 0.3) is 0 Å². The second-order valence-electron chi connectivity index (χ2n) is 7.06. The van der Waals surface area contributed by atoms with Crippen molar-refractivity contribution in [1.29, 1.82) is 0 Å². The maximum absolute atomic E-state index is 10.9. The standard InChI is InChI=1S/C22H25N3O2/c23-21-10-9-19(17-22(21)25(26)27)8-4-5-13-24-14-11-20(12-15-24)16-18-6-2-1-3-7-18/h1-3,6-7,9-10,17,20H,5,11-16,23H2. The number of nitro benzene ring substituents is 1. The van der Waals surface area contributed by atoms with Gasteiger partial charge in [-0.05, 0) is 56.0 Å². The molecule has 0 unspecified atom stereocenters. The van der Waals surface area contributed by atoms with E-state index in [-0.39, 0.29) is 11.4 Å². The Morgan fingerprint density at radius 2 is 1.89 bits per heavy atom. The molecule has 0 radical (unpaired) electrons. The van der Waals surface area contributed by atoms with Crippen LogP contribution in [0.2, 0.25) is 0 Å². The van der Waals surface area contributed by atoms with Gasteiger partial charge in [-0.1, -0.05) is 42.2 Å². The number of nitrogens with two attached hydrogens (primary N) is 1. The minimum Gasteiger partial charge on any atom is -0.393 e. The summed E-state index contributed by atoms with van der Waals surface area (Å²) in [5, 5.41) is 10.9. The number of rotatable bonds is 5. The van der Waals surface area contributed by atoms with Gasteiger partial charge in [0.2, 0.25) is 0 Å². The van der Waals surface area contributed by atoms with Gasteiger partial charge in [0, 0.05) is 24.6 Å². The molecule has 27 heavy (non-hydrogen) atoms. The second kappa shape index (κ2) is 9.20. The number of nitrogen functional groups attached to an aromatic ring is 1. The number of benzene rings is 2. The van der Waals surface area contributed by atoms with E-state index in [4.69, 9.17) is 5.73 Å². The fraction of sp³-hybridized carbons (Fsp3) is 0.364. The number of piperidine rings is 1. The molecule has 3 rings (SSSR count). The maximum atomic E-state index is 10.9.